The van der Waals surface area contributed by atoms with Gasteiger partial charge in [-0.05, 0) is 62.1 Å². The second kappa shape index (κ2) is 12.8. The number of thioether (sulfide) groups is 1. The van der Waals surface area contributed by atoms with Crippen LogP contribution in [0.4, 0.5) is 5.82 Å². The summed E-state index contributed by atoms with van der Waals surface area (Å²) in [5.74, 6) is 1.31. The van der Waals surface area contributed by atoms with E-state index >= 15 is 0 Å². The molecule has 4 rings (SSSR count). The van der Waals surface area contributed by atoms with E-state index in [1.807, 2.05) is 26.0 Å². The van der Waals surface area contributed by atoms with Crippen molar-refractivity contribution in [2.45, 2.75) is 65.8 Å². The van der Waals surface area contributed by atoms with Gasteiger partial charge < -0.3 is 4.90 Å². The smallest absolute Gasteiger partial charge is 0.270 e. The first kappa shape index (κ1) is 28.1. The van der Waals surface area contributed by atoms with Crippen LogP contribution in [0.25, 0.3) is 6.08 Å². The van der Waals surface area contributed by atoms with Gasteiger partial charge in [0.25, 0.3) is 11.5 Å². The van der Waals surface area contributed by atoms with Gasteiger partial charge in [-0.2, -0.15) is 5.26 Å². The summed E-state index contributed by atoms with van der Waals surface area (Å²) in [5.41, 5.74) is 2.69. The van der Waals surface area contributed by atoms with Gasteiger partial charge in [0.1, 0.15) is 21.8 Å². The van der Waals surface area contributed by atoms with Crippen LogP contribution in [0, 0.1) is 24.2 Å². The molecular weight excluding hydrogens is 512 g/mol. The Kier molecular flexibility index (Phi) is 9.45. The molecule has 0 aliphatic carbocycles. The van der Waals surface area contributed by atoms with Gasteiger partial charge in [0.15, 0.2) is 0 Å². The van der Waals surface area contributed by atoms with Crippen LogP contribution < -0.4 is 10.5 Å². The zero-order valence-electron chi connectivity index (χ0n) is 22.5. The van der Waals surface area contributed by atoms with Gasteiger partial charge in [0.05, 0.1) is 4.91 Å². The Hall–Kier alpha value is -2.89. The number of aromatic nitrogens is 1. The number of amides is 1. The molecule has 6 nitrogen and oxygen atoms in total. The number of unbranched alkanes of at least 4 members (excludes halogenated alkanes) is 1. The molecule has 0 radical (unpaired) electrons. The molecule has 1 aromatic carbocycles. The fourth-order valence-corrected chi connectivity index (χ4v) is 6.64. The number of anilines is 1. The van der Waals surface area contributed by atoms with E-state index in [1.165, 1.54) is 17.3 Å². The summed E-state index contributed by atoms with van der Waals surface area (Å²) in [5, 5.41) is 9.92. The second-order valence-corrected chi connectivity index (χ2v) is 11.8. The Morgan fingerprint density at radius 1 is 1.11 bits per heavy atom. The molecule has 0 spiro atoms. The topological polar surface area (TPSA) is 69.3 Å². The molecule has 2 saturated heterocycles. The molecule has 2 aliphatic rings. The zero-order chi connectivity index (χ0) is 27.2. The molecule has 0 bridgehead atoms. The number of carbonyl (C=O) groups excluding carboxylic acids is 1. The average molecular weight is 549 g/mol. The van der Waals surface area contributed by atoms with Crippen LogP contribution in [0.15, 0.2) is 40.0 Å². The molecular formula is C30H36N4O2S2. The SMILES string of the molecule is CCCCn1c(N2CCC(Cc3ccccc3)CC2)c(/C=C2/SC(=S)N(CCC)C2=O)c(C)c(C#N)c1=O. The Morgan fingerprint density at radius 3 is 2.45 bits per heavy atom. The Bertz CT molecular complexity index is 1320. The Morgan fingerprint density at radius 2 is 1.82 bits per heavy atom. The van der Waals surface area contributed by atoms with Gasteiger partial charge >= 0.3 is 0 Å². The summed E-state index contributed by atoms with van der Waals surface area (Å²) in [7, 11) is 0. The number of pyridine rings is 1. The lowest BCUT2D eigenvalue weighted by Crippen LogP contribution is -2.40. The van der Waals surface area contributed by atoms with E-state index < -0.39 is 0 Å². The van der Waals surface area contributed by atoms with Crippen molar-refractivity contribution in [3.05, 3.63) is 67.8 Å². The summed E-state index contributed by atoms with van der Waals surface area (Å²) in [6.07, 6.45) is 7.56. The van der Waals surface area contributed by atoms with E-state index in [0.29, 0.717) is 33.8 Å². The van der Waals surface area contributed by atoms with Crippen molar-refractivity contribution in [2.24, 2.45) is 5.92 Å². The van der Waals surface area contributed by atoms with Crippen LogP contribution in [0.1, 0.15) is 68.2 Å². The number of hydrogen-bond donors (Lipinski definition) is 0. The zero-order valence-corrected chi connectivity index (χ0v) is 24.2. The number of benzene rings is 1. The fraction of sp³-hybridized carbons (Fsp3) is 0.467. The maximum Gasteiger partial charge on any atom is 0.270 e. The number of thiocarbonyl (C=S) groups is 1. The second-order valence-electron chi connectivity index (χ2n) is 10.1. The first-order valence-electron chi connectivity index (χ1n) is 13.6. The minimum atomic E-state index is -0.240. The monoisotopic (exact) mass is 548 g/mol. The van der Waals surface area contributed by atoms with E-state index in [0.717, 1.165) is 63.0 Å². The highest BCUT2D eigenvalue weighted by molar-refractivity contribution is 8.26. The normalized spacial score (nSPS) is 17.5. The maximum atomic E-state index is 13.5. The molecule has 1 aromatic heterocycles. The highest BCUT2D eigenvalue weighted by atomic mass is 32.2. The highest BCUT2D eigenvalue weighted by Gasteiger charge is 2.33. The molecule has 0 N–H and O–H groups in total. The van der Waals surface area contributed by atoms with E-state index in [1.54, 1.807) is 9.47 Å². The lowest BCUT2D eigenvalue weighted by molar-refractivity contribution is -0.122. The van der Waals surface area contributed by atoms with Gasteiger partial charge in [0.2, 0.25) is 0 Å². The van der Waals surface area contributed by atoms with Crippen molar-refractivity contribution >= 4 is 46.1 Å². The molecule has 38 heavy (non-hydrogen) atoms. The van der Waals surface area contributed by atoms with E-state index in [9.17, 15) is 14.9 Å². The number of hydrogen-bond acceptors (Lipinski definition) is 6. The van der Waals surface area contributed by atoms with Crippen LogP contribution >= 0.6 is 24.0 Å². The first-order chi connectivity index (χ1) is 18.4. The van der Waals surface area contributed by atoms with Crippen LogP contribution in [0.2, 0.25) is 0 Å². The van der Waals surface area contributed by atoms with Gasteiger partial charge in [-0.1, -0.05) is 74.6 Å². The third-order valence-electron chi connectivity index (χ3n) is 7.46. The summed E-state index contributed by atoms with van der Waals surface area (Å²) in [6.45, 7) is 8.73. The minimum Gasteiger partial charge on any atom is -0.357 e. The van der Waals surface area contributed by atoms with E-state index in [2.05, 4.69) is 42.2 Å². The predicted octanol–water partition coefficient (Wildman–Crippen LogP) is 5.90. The number of nitriles is 1. The van der Waals surface area contributed by atoms with Crippen LogP contribution in [-0.4, -0.2) is 39.3 Å². The van der Waals surface area contributed by atoms with Crippen molar-refractivity contribution in [1.29, 1.82) is 5.26 Å². The standard InChI is InChI=1S/C30H36N4O2S2/c1-4-6-15-33-27(32-16-12-23(13-17-32)18-22-10-8-7-9-11-22)24(21(3)25(20-31)28(33)35)19-26-29(36)34(14-5-2)30(37)38-26/h7-11,19,23H,4-6,12-18H2,1-3H3/b26-19+. The molecule has 1 amide bonds. The molecule has 200 valence electrons. The number of rotatable bonds is 9. The van der Waals surface area contributed by atoms with E-state index in [4.69, 9.17) is 12.2 Å². The largest absolute Gasteiger partial charge is 0.357 e. The van der Waals surface area contributed by atoms with Gasteiger partial charge in [-0.15, -0.1) is 0 Å². The van der Waals surface area contributed by atoms with Crippen LogP contribution in [0.5, 0.6) is 0 Å². The molecule has 2 aromatic rings. The third-order valence-corrected chi connectivity index (χ3v) is 8.84. The lowest BCUT2D eigenvalue weighted by atomic mass is 9.90. The van der Waals surface area contributed by atoms with Crippen molar-refractivity contribution in [2.75, 3.05) is 24.5 Å². The Balaban J connectivity index is 1.74. The molecule has 2 aliphatic heterocycles. The Labute approximate surface area is 235 Å². The van der Waals surface area contributed by atoms with Crippen LogP contribution in [-0.2, 0) is 17.8 Å². The maximum absolute atomic E-state index is 13.5. The fourth-order valence-electron chi connectivity index (χ4n) is 5.35. The lowest BCUT2D eigenvalue weighted by Gasteiger charge is -2.36. The molecule has 0 unspecified atom stereocenters. The van der Waals surface area contributed by atoms with Gasteiger partial charge in [0, 0.05) is 31.7 Å². The summed E-state index contributed by atoms with van der Waals surface area (Å²) < 4.78 is 2.34. The average Bonchev–Trinajstić information content (AvgIpc) is 3.18. The molecule has 3 heterocycles. The van der Waals surface area contributed by atoms with Gasteiger partial charge in [-0.25, -0.2) is 0 Å². The van der Waals surface area contributed by atoms with Crippen molar-refractivity contribution < 1.29 is 4.79 Å². The summed E-state index contributed by atoms with van der Waals surface area (Å²) >= 11 is 6.80. The number of nitrogens with zero attached hydrogens (tertiary/aromatic N) is 4. The molecule has 8 heteroatoms. The quantitative estimate of drug-likeness (QED) is 0.287. The predicted molar refractivity (Wildman–Crippen MR) is 160 cm³/mol. The van der Waals surface area contributed by atoms with Crippen molar-refractivity contribution in [3.8, 4) is 6.07 Å². The highest BCUT2D eigenvalue weighted by Crippen LogP contribution is 2.37. The van der Waals surface area contributed by atoms with Crippen LogP contribution in [0.3, 0.4) is 0 Å². The molecule has 2 fully saturated rings. The molecule has 0 atom stereocenters. The third kappa shape index (κ3) is 5.89. The minimum absolute atomic E-state index is 0.0985. The van der Waals surface area contributed by atoms with Crippen molar-refractivity contribution in [1.82, 2.24) is 9.47 Å². The first-order valence-corrected chi connectivity index (χ1v) is 14.8. The van der Waals surface area contributed by atoms with Gasteiger partial charge in [-0.3, -0.25) is 19.1 Å². The summed E-state index contributed by atoms with van der Waals surface area (Å²) in [6, 6.07) is 12.7. The number of piperidine rings is 1. The summed E-state index contributed by atoms with van der Waals surface area (Å²) in [4.78, 5) is 31.2. The number of carbonyl (C=O) groups is 1. The molecule has 0 saturated carbocycles. The van der Waals surface area contributed by atoms with E-state index in [-0.39, 0.29) is 17.0 Å². The van der Waals surface area contributed by atoms with Crippen molar-refractivity contribution in [3.63, 3.8) is 0 Å².